The first kappa shape index (κ1) is 15.0. The number of carbonyl (C=O) groups is 2. The fourth-order valence-corrected chi connectivity index (χ4v) is 2.59. The number of aliphatic carboxylic acids is 1. The molecule has 1 rings (SSSR count). The average molecular weight is 255 g/mol. The van der Waals surface area contributed by atoms with Crippen LogP contribution in [-0.2, 0) is 9.59 Å². The van der Waals surface area contributed by atoms with Gasteiger partial charge in [0.1, 0.15) is 0 Å². The van der Waals surface area contributed by atoms with Gasteiger partial charge in [-0.05, 0) is 24.7 Å². The van der Waals surface area contributed by atoms with Crippen LogP contribution in [0.3, 0.4) is 0 Å². The molecule has 18 heavy (non-hydrogen) atoms. The normalized spacial score (nSPS) is 18.3. The van der Waals surface area contributed by atoms with Gasteiger partial charge in [0.15, 0.2) is 0 Å². The molecule has 0 aromatic carbocycles. The second-order valence-corrected chi connectivity index (χ2v) is 5.38. The highest BCUT2D eigenvalue weighted by molar-refractivity contribution is 5.76. The molecule has 0 aromatic heterocycles. The molecule has 4 heteroatoms. The summed E-state index contributed by atoms with van der Waals surface area (Å²) in [5.41, 5.74) is 0. The zero-order chi connectivity index (χ0) is 13.4. The van der Waals surface area contributed by atoms with Crippen molar-refractivity contribution in [2.45, 2.75) is 58.3 Å². The maximum absolute atomic E-state index is 11.8. The van der Waals surface area contributed by atoms with Crippen LogP contribution >= 0.6 is 0 Å². The van der Waals surface area contributed by atoms with E-state index in [0.717, 1.165) is 6.42 Å². The summed E-state index contributed by atoms with van der Waals surface area (Å²) in [5, 5.41) is 11.6. The molecule has 1 atom stereocenters. The Hall–Kier alpha value is -1.06. The minimum absolute atomic E-state index is 0.0535. The molecule has 1 unspecified atom stereocenters. The summed E-state index contributed by atoms with van der Waals surface area (Å²) < 4.78 is 0. The van der Waals surface area contributed by atoms with Crippen molar-refractivity contribution in [2.75, 3.05) is 6.54 Å². The number of rotatable bonds is 7. The highest BCUT2D eigenvalue weighted by atomic mass is 16.4. The minimum atomic E-state index is -0.789. The number of amides is 1. The second kappa shape index (κ2) is 8.11. The van der Waals surface area contributed by atoms with E-state index in [2.05, 4.69) is 5.32 Å². The van der Waals surface area contributed by atoms with E-state index in [1.54, 1.807) is 0 Å². The van der Waals surface area contributed by atoms with E-state index >= 15 is 0 Å². The molecule has 0 saturated heterocycles. The summed E-state index contributed by atoms with van der Waals surface area (Å²) in [7, 11) is 0. The van der Waals surface area contributed by atoms with Gasteiger partial charge in [-0.25, -0.2) is 0 Å². The molecular weight excluding hydrogens is 230 g/mol. The Bertz CT molecular complexity index is 272. The zero-order valence-electron chi connectivity index (χ0n) is 11.3. The molecule has 1 saturated carbocycles. The van der Waals surface area contributed by atoms with E-state index in [4.69, 9.17) is 5.11 Å². The first-order chi connectivity index (χ1) is 8.61. The van der Waals surface area contributed by atoms with Gasteiger partial charge in [0.25, 0.3) is 0 Å². The topological polar surface area (TPSA) is 66.4 Å². The lowest BCUT2D eigenvalue weighted by molar-refractivity contribution is -0.138. The number of carboxylic acids is 1. The van der Waals surface area contributed by atoms with Gasteiger partial charge < -0.3 is 10.4 Å². The summed E-state index contributed by atoms with van der Waals surface area (Å²) in [6.07, 6.45) is 7.66. The van der Waals surface area contributed by atoms with E-state index in [9.17, 15) is 9.59 Å². The number of carboxylic acid groups (broad SMARTS) is 1. The van der Waals surface area contributed by atoms with Crippen molar-refractivity contribution in [3.8, 4) is 0 Å². The van der Waals surface area contributed by atoms with Gasteiger partial charge in [0, 0.05) is 19.4 Å². The summed E-state index contributed by atoms with van der Waals surface area (Å²) in [6, 6.07) is 0. The lowest BCUT2D eigenvalue weighted by atomic mass is 9.87. The van der Waals surface area contributed by atoms with E-state index in [-0.39, 0.29) is 18.2 Å². The van der Waals surface area contributed by atoms with Crippen LogP contribution in [0.1, 0.15) is 58.3 Å². The minimum Gasteiger partial charge on any atom is -0.481 e. The monoisotopic (exact) mass is 255 g/mol. The predicted octanol–water partition coefficient (Wildman–Crippen LogP) is 2.57. The molecule has 0 aromatic rings. The van der Waals surface area contributed by atoms with E-state index in [0.29, 0.717) is 18.9 Å². The third kappa shape index (κ3) is 6.03. The SMILES string of the molecule is CCC(CNC(=O)CC1CCCCC1)CC(=O)O. The predicted molar refractivity (Wildman–Crippen MR) is 70.2 cm³/mol. The van der Waals surface area contributed by atoms with Gasteiger partial charge in [0.2, 0.25) is 5.91 Å². The Morgan fingerprint density at radius 2 is 1.94 bits per heavy atom. The van der Waals surface area contributed by atoms with E-state index in [1.807, 2.05) is 6.92 Å². The maximum atomic E-state index is 11.8. The van der Waals surface area contributed by atoms with E-state index < -0.39 is 5.97 Å². The van der Waals surface area contributed by atoms with E-state index in [1.165, 1.54) is 32.1 Å². The van der Waals surface area contributed by atoms with Gasteiger partial charge in [-0.3, -0.25) is 9.59 Å². The molecule has 4 nitrogen and oxygen atoms in total. The number of hydrogen-bond donors (Lipinski definition) is 2. The van der Waals surface area contributed by atoms with Crippen molar-refractivity contribution in [3.05, 3.63) is 0 Å². The van der Waals surface area contributed by atoms with Crippen LogP contribution < -0.4 is 5.32 Å². The van der Waals surface area contributed by atoms with Crippen molar-refractivity contribution in [1.29, 1.82) is 0 Å². The lowest BCUT2D eigenvalue weighted by Crippen LogP contribution is -2.31. The lowest BCUT2D eigenvalue weighted by Gasteiger charge is -2.21. The van der Waals surface area contributed by atoms with Gasteiger partial charge in [-0.2, -0.15) is 0 Å². The standard InChI is InChI=1S/C14H25NO3/c1-2-11(9-14(17)18)10-15-13(16)8-12-6-4-3-5-7-12/h11-12H,2-10H2,1H3,(H,15,16)(H,17,18). The molecule has 2 N–H and O–H groups in total. The molecular formula is C14H25NO3. The first-order valence-corrected chi connectivity index (χ1v) is 7.10. The molecule has 0 heterocycles. The molecule has 0 spiro atoms. The van der Waals surface area contributed by atoms with Crippen LogP contribution in [0.5, 0.6) is 0 Å². The Kier molecular flexibility index (Phi) is 6.76. The highest BCUT2D eigenvalue weighted by Crippen LogP contribution is 2.26. The summed E-state index contributed by atoms with van der Waals surface area (Å²) >= 11 is 0. The summed E-state index contributed by atoms with van der Waals surface area (Å²) in [5.74, 6) is -0.106. The largest absolute Gasteiger partial charge is 0.481 e. The van der Waals surface area contributed by atoms with Crippen LogP contribution in [0.25, 0.3) is 0 Å². The Morgan fingerprint density at radius 3 is 2.50 bits per heavy atom. The Morgan fingerprint density at radius 1 is 1.28 bits per heavy atom. The van der Waals surface area contributed by atoms with Crippen molar-refractivity contribution >= 4 is 11.9 Å². The van der Waals surface area contributed by atoms with Crippen molar-refractivity contribution in [3.63, 3.8) is 0 Å². The summed E-state index contributed by atoms with van der Waals surface area (Å²) in [4.78, 5) is 22.4. The average Bonchev–Trinajstić information content (AvgIpc) is 2.35. The van der Waals surface area contributed by atoms with Crippen molar-refractivity contribution in [1.82, 2.24) is 5.32 Å². The molecule has 1 aliphatic carbocycles. The van der Waals surface area contributed by atoms with Gasteiger partial charge in [-0.1, -0.05) is 32.6 Å². The summed E-state index contributed by atoms with van der Waals surface area (Å²) in [6.45, 7) is 2.45. The molecule has 1 aliphatic rings. The van der Waals surface area contributed by atoms with Crippen molar-refractivity contribution in [2.24, 2.45) is 11.8 Å². The quantitative estimate of drug-likeness (QED) is 0.734. The van der Waals surface area contributed by atoms with Crippen LogP contribution in [0.4, 0.5) is 0 Å². The number of hydrogen-bond acceptors (Lipinski definition) is 2. The molecule has 0 radical (unpaired) electrons. The Labute approximate surface area is 109 Å². The smallest absolute Gasteiger partial charge is 0.303 e. The van der Waals surface area contributed by atoms with Gasteiger partial charge in [0.05, 0.1) is 0 Å². The zero-order valence-corrected chi connectivity index (χ0v) is 11.3. The first-order valence-electron chi connectivity index (χ1n) is 7.10. The third-order valence-corrected chi connectivity index (χ3v) is 3.83. The van der Waals surface area contributed by atoms with Gasteiger partial charge >= 0.3 is 5.97 Å². The third-order valence-electron chi connectivity index (χ3n) is 3.83. The number of nitrogens with one attached hydrogen (secondary N) is 1. The molecule has 1 amide bonds. The van der Waals surface area contributed by atoms with Gasteiger partial charge in [-0.15, -0.1) is 0 Å². The fourth-order valence-electron chi connectivity index (χ4n) is 2.59. The van der Waals surface area contributed by atoms with Crippen molar-refractivity contribution < 1.29 is 14.7 Å². The fraction of sp³-hybridized carbons (Fsp3) is 0.857. The Balaban J connectivity index is 2.20. The molecule has 1 fully saturated rings. The van der Waals surface area contributed by atoms with Crippen LogP contribution in [-0.4, -0.2) is 23.5 Å². The van der Waals surface area contributed by atoms with Crippen LogP contribution in [0.2, 0.25) is 0 Å². The number of carbonyl (C=O) groups excluding carboxylic acids is 1. The maximum Gasteiger partial charge on any atom is 0.303 e. The van der Waals surface area contributed by atoms with Crippen LogP contribution in [0.15, 0.2) is 0 Å². The molecule has 0 aliphatic heterocycles. The van der Waals surface area contributed by atoms with Crippen LogP contribution in [0, 0.1) is 11.8 Å². The molecule has 0 bridgehead atoms. The molecule has 104 valence electrons. The highest BCUT2D eigenvalue weighted by Gasteiger charge is 2.18. The second-order valence-electron chi connectivity index (χ2n) is 5.38.